The third-order valence-corrected chi connectivity index (χ3v) is 3.46. The Labute approximate surface area is 151 Å². The van der Waals surface area contributed by atoms with E-state index in [4.69, 9.17) is 5.73 Å². The summed E-state index contributed by atoms with van der Waals surface area (Å²) in [6.07, 6.45) is 1.69. The van der Waals surface area contributed by atoms with Gasteiger partial charge < -0.3 is 16.4 Å². The van der Waals surface area contributed by atoms with Gasteiger partial charge in [-0.2, -0.15) is 4.98 Å². The third-order valence-electron chi connectivity index (χ3n) is 3.46. The second-order valence-electron chi connectivity index (χ2n) is 6.06. The van der Waals surface area contributed by atoms with Crippen molar-refractivity contribution in [2.45, 2.75) is 19.9 Å². The Morgan fingerprint density at radius 1 is 1.04 bits per heavy atom. The lowest BCUT2D eigenvalue weighted by Crippen LogP contribution is -2.17. The molecule has 2 aromatic heterocycles. The van der Waals surface area contributed by atoms with Gasteiger partial charge in [-0.25, -0.2) is 4.98 Å². The number of hydrogen-bond donors (Lipinski definition) is 3. The van der Waals surface area contributed by atoms with Crippen molar-refractivity contribution in [2.24, 2.45) is 0 Å². The van der Waals surface area contributed by atoms with E-state index in [1.807, 2.05) is 32.0 Å². The normalized spacial score (nSPS) is 10.6. The van der Waals surface area contributed by atoms with Gasteiger partial charge in [-0.05, 0) is 44.2 Å². The van der Waals surface area contributed by atoms with Crippen molar-refractivity contribution < 1.29 is 4.79 Å². The van der Waals surface area contributed by atoms with Gasteiger partial charge in [0.15, 0.2) is 0 Å². The van der Waals surface area contributed by atoms with E-state index in [0.717, 1.165) is 0 Å². The molecule has 132 valence electrons. The molecule has 0 saturated carbocycles. The average Bonchev–Trinajstić information content (AvgIpc) is 2.61. The quantitative estimate of drug-likeness (QED) is 0.612. The first-order valence-corrected chi connectivity index (χ1v) is 8.25. The lowest BCUT2D eigenvalue weighted by molar-refractivity contribution is 0.102. The van der Waals surface area contributed by atoms with Crippen molar-refractivity contribution in [2.75, 3.05) is 16.4 Å². The molecule has 3 aromatic rings. The lowest BCUT2D eigenvalue weighted by atomic mass is 10.2. The maximum Gasteiger partial charge on any atom is 0.256 e. The Bertz CT molecular complexity index is 911. The first-order valence-electron chi connectivity index (χ1n) is 8.25. The zero-order valence-electron chi connectivity index (χ0n) is 14.6. The van der Waals surface area contributed by atoms with Gasteiger partial charge in [0.1, 0.15) is 5.82 Å². The number of pyridine rings is 1. The summed E-state index contributed by atoms with van der Waals surface area (Å²) in [7, 11) is 0. The number of nitrogen functional groups attached to an aromatic ring is 1. The largest absolute Gasteiger partial charge is 0.399 e. The number of benzene rings is 1. The topological polar surface area (TPSA) is 106 Å². The maximum absolute atomic E-state index is 12.5. The molecule has 7 nitrogen and oxygen atoms in total. The monoisotopic (exact) mass is 348 g/mol. The molecule has 0 aliphatic rings. The van der Waals surface area contributed by atoms with Gasteiger partial charge in [-0.15, -0.1) is 0 Å². The number of hydrogen-bond acceptors (Lipinski definition) is 6. The van der Waals surface area contributed by atoms with Crippen LogP contribution in [0, 0.1) is 0 Å². The highest BCUT2D eigenvalue weighted by molar-refractivity contribution is 6.04. The van der Waals surface area contributed by atoms with Crippen LogP contribution in [0.4, 0.5) is 17.5 Å². The molecule has 0 aliphatic heterocycles. The molecule has 0 unspecified atom stereocenters. The van der Waals surface area contributed by atoms with E-state index in [0.29, 0.717) is 34.4 Å². The molecular formula is C19H20N6O. The SMILES string of the molecule is CC(C)Nc1nc(NC(=O)c2cccc(N)c2)cc(-c2ccccn2)n1. The van der Waals surface area contributed by atoms with Gasteiger partial charge in [0.25, 0.3) is 5.91 Å². The fourth-order valence-electron chi connectivity index (χ4n) is 2.35. The summed E-state index contributed by atoms with van der Waals surface area (Å²) in [5, 5.41) is 5.95. The molecule has 0 spiro atoms. The Morgan fingerprint density at radius 2 is 1.88 bits per heavy atom. The van der Waals surface area contributed by atoms with Crippen LogP contribution in [0.5, 0.6) is 0 Å². The van der Waals surface area contributed by atoms with E-state index >= 15 is 0 Å². The van der Waals surface area contributed by atoms with Gasteiger partial charge in [0, 0.05) is 29.6 Å². The number of amides is 1. The Hall–Kier alpha value is -3.48. The van der Waals surface area contributed by atoms with Crippen molar-refractivity contribution in [1.29, 1.82) is 0 Å². The standard InChI is InChI=1S/C19H20N6O/c1-12(2)22-19-23-16(15-8-3-4-9-21-15)11-17(25-19)24-18(26)13-6-5-7-14(20)10-13/h3-12H,20H2,1-2H3,(H2,22,23,24,25,26). The predicted molar refractivity (Wildman–Crippen MR) is 103 cm³/mol. The molecule has 0 bridgehead atoms. The second-order valence-corrected chi connectivity index (χ2v) is 6.06. The van der Waals surface area contributed by atoms with Gasteiger partial charge in [-0.1, -0.05) is 12.1 Å². The van der Waals surface area contributed by atoms with Gasteiger partial charge in [0.05, 0.1) is 11.4 Å². The molecule has 1 amide bonds. The highest BCUT2D eigenvalue weighted by Crippen LogP contribution is 2.20. The summed E-state index contributed by atoms with van der Waals surface area (Å²) in [6.45, 7) is 3.98. The molecule has 1 aromatic carbocycles. The van der Waals surface area contributed by atoms with E-state index in [-0.39, 0.29) is 11.9 Å². The molecule has 0 saturated heterocycles. The minimum absolute atomic E-state index is 0.145. The zero-order valence-corrected chi connectivity index (χ0v) is 14.6. The molecule has 0 aliphatic carbocycles. The van der Waals surface area contributed by atoms with E-state index in [1.165, 1.54) is 0 Å². The Balaban J connectivity index is 1.93. The minimum atomic E-state index is -0.293. The minimum Gasteiger partial charge on any atom is -0.399 e. The third kappa shape index (κ3) is 4.32. The summed E-state index contributed by atoms with van der Waals surface area (Å²) in [6, 6.07) is 14.2. The number of carbonyl (C=O) groups excluding carboxylic acids is 1. The first-order chi connectivity index (χ1) is 12.5. The van der Waals surface area contributed by atoms with Crippen LogP contribution in [0.15, 0.2) is 54.7 Å². The van der Waals surface area contributed by atoms with E-state index in [2.05, 4.69) is 25.6 Å². The fourth-order valence-corrected chi connectivity index (χ4v) is 2.35. The Morgan fingerprint density at radius 3 is 2.58 bits per heavy atom. The lowest BCUT2D eigenvalue weighted by Gasteiger charge is -2.12. The maximum atomic E-state index is 12.5. The number of rotatable bonds is 5. The molecule has 2 heterocycles. The van der Waals surface area contributed by atoms with Crippen LogP contribution in [0.1, 0.15) is 24.2 Å². The summed E-state index contributed by atoms with van der Waals surface area (Å²) in [4.78, 5) is 25.7. The summed E-state index contributed by atoms with van der Waals surface area (Å²) in [5.74, 6) is 0.515. The first kappa shape index (κ1) is 17.3. The van der Waals surface area contributed by atoms with Gasteiger partial charge in [0.2, 0.25) is 5.95 Å². The molecule has 0 atom stereocenters. The van der Waals surface area contributed by atoms with Crippen LogP contribution in [0.25, 0.3) is 11.4 Å². The van der Waals surface area contributed by atoms with Crippen LogP contribution in [-0.2, 0) is 0 Å². The summed E-state index contributed by atoms with van der Waals surface area (Å²) < 4.78 is 0. The van der Waals surface area contributed by atoms with E-state index < -0.39 is 0 Å². The molecule has 4 N–H and O–H groups in total. The summed E-state index contributed by atoms with van der Waals surface area (Å²) >= 11 is 0. The van der Waals surface area contributed by atoms with Crippen LogP contribution < -0.4 is 16.4 Å². The fraction of sp³-hybridized carbons (Fsp3) is 0.158. The zero-order chi connectivity index (χ0) is 18.5. The molecule has 7 heteroatoms. The number of anilines is 3. The highest BCUT2D eigenvalue weighted by atomic mass is 16.1. The Kier molecular flexibility index (Phi) is 5.07. The van der Waals surface area contributed by atoms with E-state index in [9.17, 15) is 4.79 Å². The van der Waals surface area contributed by atoms with Gasteiger partial charge in [-0.3, -0.25) is 9.78 Å². The van der Waals surface area contributed by atoms with Crippen LogP contribution in [0.2, 0.25) is 0 Å². The van der Waals surface area contributed by atoms with Gasteiger partial charge >= 0.3 is 0 Å². The number of nitrogens with zero attached hydrogens (tertiary/aromatic N) is 3. The van der Waals surface area contributed by atoms with Crippen LogP contribution in [0.3, 0.4) is 0 Å². The number of nitrogens with one attached hydrogen (secondary N) is 2. The molecule has 0 fully saturated rings. The molecule has 3 rings (SSSR count). The van der Waals surface area contributed by atoms with Crippen LogP contribution >= 0.6 is 0 Å². The number of carbonyl (C=O) groups is 1. The smallest absolute Gasteiger partial charge is 0.256 e. The average molecular weight is 348 g/mol. The molecular weight excluding hydrogens is 328 g/mol. The van der Waals surface area contributed by atoms with Crippen molar-refractivity contribution >= 4 is 23.4 Å². The van der Waals surface area contributed by atoms with Crippen molar-refractivity contribution in [3.8, 4) is 11.4 Å². The highest BCUT2D eigenvalue weighted by Gasteiger charge is 2.12. The van der Waals surface area contributed by atoms with Crippen molar-refractivity contribution in [1.82, 2.24) is 15.0 Å². The van der Waals surface area contributed by atoms with Crippen LogP contribution in [-0.4, -0.2) is 26.9 Å². The number of aromatic nitrogens is 3. The van der Waals surface area contributed by atoms with E-state index in [1.54, 1.807) is 36.5 Å². The van der Waals surface area contributed by atoms with Crippen molar-refractivity contribution in [3.63, 3.8) is 0 Å². The number of nitrogens with two attached hydrogens (primary N) is 1. The second kappa shape index (κ2) is 7.60. The predicted octanol–water partition coefficient (Wildman–Crippen LogP) is 3.19. The molecule has 26 heavy (non-hydrogen) atoms. The molecule has 0 radical (unpaired) electrons. The summed E-state index contributed by atoms with van der Waals surface area (Å²) in [5.41, 5.74) is 8.04. The van der Waals surface area contributed by atoms with Crippen molar-refractivity contribution in [3.05, 3.63) is 60.3 Å².